The molecule has 0 radical (unpaired) electrons. The van der Waals surface area contributed by atoms with Crippen molar-refractivity contribution in [1.82, 2.24) is 5.32 Å². The molecule has 2 aromatic rings. The van der Waals surface area contributed by atoms with Crippen LogP contribution in [0.2, 0.25) is 0 Å². The molecule has 0 aromatic heterocycles. The molecule has 0 saturated carbocycles. The summed E-state index contributed by atoms with van der Waals surface area (Å²) in [5.41, 5.74) is 0.898. The number of nitrogens with one attached hydrogen (secondary N) is 1. The van der Waals surface area contributed by atoms with Crippen molar-refractivity contribution in [2.75, 3.05) is 18.6 Å². The average Bonchev–Trinajstić information content (AvgIpc) is 2.73. The Morgan fingerprint density at radius 1 is 1.13 bits per heavy atom. The Balaban J connectivity index is 1.97. The van der Waals surface area contributed by atoms with E-state index >= 15 is 0 Å². The number of rotatable bonds is 6. The van der Waals surface area contributed by atoms with Gasteiger partial charge >= 0.3 is 5.97 Å². The number of carbonyl (C=O) groups is 3. The molecule has 2 aromatic carbocycles. The zero-order chi connectivity index (χ0) is 22.5. The fraction of sp³-hybridized carbons (Fsp3) is 0.182. The van der Waals surface area contributed by atoms with Crippen LogP contribution in [0.1, 0.15) is 19.4 Å². The lowest BCUT2D eigenvalue weighted by atomic mass is 10.1. The Kier molecular flexibility index (Phi) is 6.66. The molecule has 2 amide bonds. The fourth-order valence-corrected chi connectivity index (χ4v) is 3.19. The highest BCUT2D eigenvalue weighted by atomic mass is 32.1. The lowest BCUT2D eigenvalue weighted by molar-refractivity contribution is -0.132. The van der Waals surface area contributed by atoms with E-state index in [4.69, 9.17) is 26.4 Å². The molecule has 1 fully saturated rings. The van der Waals surface area contributed by atoms with Crippen LogP contribution in [0.25, 0.3) is 6.08 Å². The summed E-state index contributed by atoms with van der Waals surface area (Å²) in [6.07, 6.45) is 1.43. The Hall–Kier alpha value is -3.72. The van der Waals surface area contributed by atoms with Crippen molar-refractivity contribution >= 4 is 46.9 Å². The summed E-state index contributed by atoms with van der Waals surface area (Å²) in [5, 5.41) is 2.52. The van der Waals surface area contributed by atoms with Gasteiger partial charge in [-0.3, -0.25) is 24.6 Å². The Morgan fingerprint density at radius 2 is 1.84 bits per heavy atom. The summed E-state index contributed by atoms with van der Waals surface area (Å²) in [6.45, 7) is 3.41. The lowest BCUT2D eigenvalue weighted by Crippen LogP contribution is -2.54. The number of amides is 2. The second kappa shape index (κ2) is 9.40. The van der Waals surface area contributed by atoms with E-state index in [1.807, 2.05) is 0 Å². The van der Waals surface area contributed by atoms with Crippen LogP contribution in [-0.4, -0.2) is 36.6 Å². The molecule has 31 heavy (non-hydrogen) atoms. The molecule has 1 aliphatic heterocycles. The number of nitrogens with zero attached hydrogens (tertiary/aromatic N) is 1. The minimum absolute atomic E-state index is 0.0162. The van der Waals surface area contributed by atoms with Gasteiger partial charge in [0.05, 0.1) is 19.4 Å². The molecular formula is C22H20N2O6S. The molecule has 1 aliphatic rings. The molecule has 8 nitrogen and oxygen atoms in total. The van der Waals surface area contributed by atoms with Gasteiger partial charge in [0.25, 0.3) is 11.8 Å². The monoisotopic (exact) mass is 440 g/mol. The van der Waals surface area contributed by atoms with Gasteiger partial charge in [-0.2, -0.15) is 0 Å². The van der Waals surface area contributed by atoms with Gasteiger partial charge in [-0.1, -0.05) is 6.07 Å². The van der Waals surface area contributed by atoms with Gasteiger partial charge in [-0.15, -0.1) is 0 Å². The summed E-state index contributed by atoms with van der Waals surface area (Å²) in [6, 6.07) is 11.4. The molecule has 1 heterocycles. The number of hydrogen-bond donors (Lipinski definition) is 1. The van der Waals surface area contributed by atoms with Crippen molar-refractivity contribution in [3.8, 4) is 17.2 Å². The van der Waals surface area contributed by atoms with Crippen LogP contribution < -0.4 is 24.4 Å². The van der Waals surface area contributed by atoms with Gasteiger partial charge in [0.1, 0.15) is 11.3 Å². The fourth-order valence-electron chi connectivity index (χ4n) is 2.91. The zero-order valence-electron chi connectivity index (χ0n) is 17.1. The molecule has 3 rings (SSSR count). The first kappa shape index (κ1) is 22.0. The third-order valence-corrected chi connectivity index (χ3v) is 4.55. The highest BCUT2D eigenvalue weighted by molar-refractivity contribution is 7.80. The minimum Gasteiger partial charge on any atom is -0.497 e. The molecule has 1 saturated heterocycles. The summed E-state index contributed by atoms with van der Waals surface area (Å²) in [4.78, 5) is 38.1. The Bertz CT molecular complexity index is 1080. The molecule has 9 heteroatoms. The van der Waals surface area contributed by atoms with Gasteiger partial charge < -0.3 is 14.2 Å². The topological polar surface area (TPSA) is 94.2 Å². The van der Waals surface area contributed by atoms with Crippen LogP contribution in [0, 0.1) is 0 Å². The standard InChI is InChI=1S/C22H20N2O6S/c1-4-29-19-12-14(5-10-18(19)30-13(2)25)11-17-20(26)23-22(31)24(21(17)27)15-6-8-16(28-3)9-7-15/h5-12H,4H2,1-3H3,(H,23,26,31)/b17-11-. The van der Waals surface area contributed by atoms with E-state index in [1.54, 1.807) is 43.3 Å². The highest BCUT2D eigenvalue weighted by Crippen LogP contribution is 2.30. The highest BCUT2D eigenvalue weighted by Gasteiger charge is 2.34. The van der Waals surface area contributed by atoms with Crippen LogP contribution in [0.4, 0.5) is 5.69 Å². The lowest BCUT2D eigenvalue weighted by Gasteiger charge is -2.29. The number of ether oxygens (including phenoxy) is 3. The first-order chi connectivity index (χ1) is 14.8. The van der Waals surface area contributed by atoms with Gasteiger partial charge in [-0.25, -0.2) is 0 Å². The van der Waals surface area contributed by atoms with E-state index in [0.717, 1.165) is 0 Å². The number of methoxy groups -OCH3 is 1. The normalized spacial score (nSPS) is 15.0. The van der Waals surface area contributed by atoms with Crippen molar-refractivity contribution in [2.45, 2.75) is 13.8 Å². The van der Waals surface area contributed by atoms with E-state index in [1.165, 1.54) is 31.1 Å². The van der Waals surface area contributed by atoms with E-state index in [9.17, 15) is 14.4 Å². The van der Waals surface area contributed by atoms with Crippen LogP contribution in [0.3, 0.4) is 0 Å². The number of esters is 1. The molecule has 160 valence electrons. The third-order valence-electron chi connectivity index (χ3n) is 4.26. The van der Waals surface area contributed by atoms with Gasteiger partial charge in [0.15, 0.2) is 16.6 Å². The van der Waals surface area contributed by atoms with Crippen LogP contribution in [-0.2, 0) is 14.4 Å². The molecule has 0 bridgehead atoms. The molecule has 0 atom stereocenters. The van der Waals surface area contributed by atoms with Gasteiger partial charge in [-0.05, 0) is 67.2 Å². The second-order valence-corrected chi connectivity index (χ2v) is 6.78. The number of hydrogen-bond acceptors (Lipinski definition) is 7. The summed E-state index contributed by atoms with van der Waals surface area (Å²) in [7, 11) is 1.54. The van der Waals surface area contributed by atoms with Gasteiger partial charge in [0.2, 0.25) is 0 Å². The molecule has 0 spiro atoms. The molecular weight excluding hydrogens is 420 g/mol. The van der Waals surface area contributed by atoms with E-state index in [2.05, 4.69) is 5.32 Å². The average molecular weight is 440 g/mol. The number of carbonyl (C=O) groups excluding carboxylic acids is 3. The van der Waals surface area contributed by atoms with Crippen molar-refractivity contribution in [1.29, 1.82) is 0 Å². The first-order valence-corrected chi connectivity index (χ1v) is 9.75. The van der Waals surface area contributed by atoms with Crippen LogP contribution in [0.15, 0.2) is 48.0 Å². The Labute approximate surface area is 184 Å². The summed E-state index contributed by atoms with van der Waals surface area (Å²) in [5.74, 6) is -0.481. The van der Waals surface area contributed by atoms with E-state index < -0.39 is 17.8 Å². The van der Waals surface area contributed by atoms with Crippen LogP contribution >= 0.6 is 12.2 Å². The number of anilines is 1. The largest absolute Gasteiger partial charge is 0.497 e. The third kappa shape index (κ3) is 4.89. The summed E-state index contributed by atoms with van der Waals surface area (Å²) >= 11 is 5.20. The van der Waals surface area contributed by atoms with Crippen molar-refractivity contribution in [2.24, 2.45) is 0 Å². The van der Waals surface area contributed by atoms with Gasteiger partial charge in [0, 0.05) is 6.92 Å². The maximum Gasteiger partial charge on any atom is 0.308 e. The molecule has 0 aliphatic carbocycles. The number of benzene rings is 2. The van der Waals surface area contributed by atoms with E-state index in [-0.39, 0.29) is 16.4 Å². The molecule has 1 N–H and O–H groups in total. The Morgan fingerprint density at radius 3 is 2.45 bits per heavy atom. The van der Waals surface area contributed by atoms with Crippen molar-refractivity contribution in [3.05, 3.63) is 53.6 Å². The SMILES string of the molecule is CCOc1cc(/C=C2/C(=O)NC(=S)N(c3ccc(OC)cc3)C2=O)ccc1OC(C)=O. The van der Waals surface area contributed by atoms with Crippen molar-refractivity contribution in [3.63, 3.8) is 0 Å². The maximum atomic E-state index is 13.1. The maximum absolute atomic E-state index is 13.1. The van der Waals surface area contributed by atoms with E-state index in [0.29, 0.717) is 29.4 Å². The quantitative estimate of drug-likeness (QED) is 0.243. The predicted octanol–water partition coefficient (Wildman–Crippen LogP) is 2.85. The zero-order valence-corrected chi connectivity index (χ0v) is 17.9. The van der Waals surface area contributed by atoms with Crippen molar-refractivity contribution < 1.29 is 28.6 Å². The first-order valence-electron chi connectivity index (χ1n) is 9.34. The predicted molar refractivity (Wildman–Crippen MR) is 118 cm³/mol. The second-order valence-electron chi connectivity index (χ2n) is 6.39. The number of thiocarbonyl (C=S) groups is 1. The summed E-state index contributed by atoms with van der Waals surface area (Å²) < 4.78 is 15.8. The van der Waals surface area contributed by atoms with Crippen LogP contribution in [0.5, 0.6) is 17.2 Å². The minimum atomic E-state index is -0.609. The molecule has 0 unspecified atom stereocenters. The smallest absolute Gasteiger partial charge is 0.308 e.